The Hall–Kier alpha value is -3.38. The second kappa shape index (κ2) is 10.3. The molecule has 2 heterocycles. The zero-order valence-electron chi connectivity index (χ0n) is 21.0. The first-order chi connectivity index (χ1) is 17.4. The number of rotatable bonds is 7. The second-order valence-corrected chi connectivity index (χ2v) is 11.1. The zero-order chi connectivity index (χ0) is 25.2. The van der Waals surface area contributed by atoms with Crippen LogP contribution in [0.4, 0.5) is 0 Å². The van der Waals surface area contributed by atoms with E-state index < -0.39 is 0 Å². The van der Waals surface area contributed by atoms with Crippen molar-refractivity contribution in [3.63, 3.8) is 0 Å². The molecule has 5 nitrogen and oxygen atoms in total. The molecule has 5 rings (SSSR count). The van der Waals surface area contributed by atoms with Gasteiger partial charge in [0, 0.05) is 11.4 Å². The highest BCUT2D eigenvalue weighted by molar-refractivity contribution is 7.18. The number of thiophene rings is 1. The Balaban J connectivity index is 1.53. The van der Waals surface area contributed by atoms with Gasteiger partial charge in [0.1, 0.15) is 10.6 Å². The second-order valence-electron chi connectivity index (χ2n) is 10.00. The molecule has 1 aliphatic carbocycles. The summed E-state index contributed by atoms with van der Waals surface area (Å²) in [7, 11) is 1.64. The van der Waals surface area contributed by atoms with Crippen molar-refractivity contribution in [3.05, 3.63) is 103 Å². The molecule has 2 aromatic carbocycles. The predicted octanol–water partition coefficient (Wildman–Crippen LogP) is 6.02. The maximum atomic E-state index is 13.7. The monoisotopic (exact) mass is 500 g/mol. The molecule has 0 saturated carbocycles. The van der Waals surface area contributed by atoms with Gasteiger partial charge in [-0.25, -0.2) is 4.79 Å². The van der Waals surface area contributed by atoms with Gasteiger partial charge in [-0.05, 0) is 65.8 Å². The summed E-state index contributed by atoms with van der Waals surface area (Å²) in [5.74, 6) is 2.19. The lowest BCUT2D eigenvalue weighted by Gasteiger charge is -2.32. The number of methoxy groups -OCH3 is 1. The Morgan fingerprint density at radius 1 is 1.11 bits per heavy atom. The van der Waals surface area contributed by atoms with Crippen LogP contribution in [0.2, 0.25) is 0 Å². The first-order valence-electron chi connectivity index (χ1n) is 12.6. The van der Waals surface area contributed by atoms with Crippen molar-refractivity contribution < 1.29 is 4.74 Å². The quantitative estimate of drug-likeness (QED) is 0.338. The fourth-order valence-corrected chi connectivity index (χ4v) is 6.70. The molecule has 0 aliphatic heterocycles. The Bertz CT molecular complexity index is 1490. The number of aromatic amines is 1. The number of nitrogens with one attached hydrogen (secondary N) is 1. The third kappa shape index (κ3) is 4.82. The lowest BCUT2D eigenvalue weighted by atomic mass is 9.73. The third-order valence-corrected chi connectivity index (χ3v) is 8.51. The number of allylic oxidation sites excluding steroid dienone is 1. The Morgan fingerprint density at radius 3 is 2.56 bits per heavy atom. The van der Waals surface area contributed by atoms with Gasteiger partial charge >= 0.3 is 5.69 Å². The van der Waals surface area contributed by atoms with Gasteiger partial charge in [-0.3, -0.25) is 14.3 Å². The van der Waals surface area contributed by atoms with Crippen molar-refractivity contribution in [2.45, 2.75) is 45.6 Å². The maximum Gasteiger partial charge on any atom is 0.329 e. The lowest BCUT2D eigenvalue weighted by molar-refractivity contribution is 0.314. The van der Waals surface area contributed by atoms with Crippen LogP contribution in [0.15, 0.2) is 70.3 Å². The van der Waals surface area contributed by atoms with Gasteiger partial charge in [-0.2, -0.15) is 0 Å². The molecule has 0 radical (unpaired) electrons. The Kier molecular flexibility index (Phi) is 6.97. The van der Waals surface area contributed by atoms with Gasteiger partial charge in [0.05, 0.1) is 12.5 Å². The topological polar surface area (TPSA) is 64.1 Å². The van der Waals surface area contributed by atoms with Crippen molar-refractivity contribution >= 4 is 27.6 Å². The lowest BCUT2D eigenvalue weighted by Crippen LogP contribution is -2.35. The van der Waals surface area contributed by atoms with Crippen LogP contribution in [0.3, 0.4) is 0 Å². The van der Waals surface area contributed by atoms with Gasteiger partial charge in [0.25, 0.3) is 5.56 Å². The average Bonchev–Trinajstić information content (AvgIpc) is 3.25. The zero-order valence-corrected chi connectivity index (χ0v) is 21.8. The van der Waals surface area contributed by atoms with Crippen LogP contribution >= 0.6 is 11.3 Å². The minimum absolute atomic E-state index is 0.188. The van der Waals surface area contributed by atoms with Gasteiger partial charge in [-0.15, -0.1) is 11.3 Å². The highest BCUT2D eigenvalue weighted by atomic mass is 32.1. The third-order valence-electron chi connectivity index (χ3n) is 7.37. The molecule has 0 spiro atoms. The number of hydrogen-bond donors (Lipinski definition) is 1. The minimum atomic E-state index is -0.356. The van der Waals surface area contributed by atoms with Crippen molar-refractivity contribution in [1.82, 2.24) is 9.55 Å². The van der Waals surface area contributed by atoms with Crippen LogP contribution < -0.4 is 16.0 Å². The normalized spacial score (nSPS) is 17.7. The molecule has 2 atom stereocenters. The van der Waals surface area contributed by atoms with Gasteiger partial charge in [0.2, 0.25) is 0 Å². The summed E-state index contributed by atoms with van der Waals surface area (Å²) in [6, 6.07) is 18.2. The molecular weight excluding hydrogens is 468 g/mol. The van der Waals surface area contributed by atoms with Crippen LogP contribution in [0.25, 0.3) is 16.3 Å². The first kappa shape index (κ1) is 24.3. The summed E-state index contributed by atoms with van der Waals surface area (Å²) in [6.45, 7) is 4.79. The molecule has 36 heavy (non-hydrogen) atoms. The summed E-state index contributed by atoms with van der Waals surface area (Å²) >= 11 is 1.60. The number of H-pyrrole nitrogens is 1. The standard InChI is InChI=1S/C30H32N2O3S/c1-19(2)22-17-23(16-21-8-5-4-6-9-21)26-25(18-22)36-28-27(26)29(33)32(30(34)31-28)15-7-10-20-11-13-24(35-3)14-12-20/h4-14,19,22-23H,15-18H2,1-3H3,(H,31,34)/b10-7+. The summed E-state index contributed by atoms with van der Waals surface area (Å²) in [5, 5.41) is 0.704. The largest absolute Gasteiger partial charge is 0.497 e. The van der Waals surface area contributed by atoms with Crippen molar-refractivity contribution in [3.8, 4) is 5.75 Å². The van der Waals surface area contributed by atoms with E-state index in [0.29, 0.717) is 22.1 Å². The fourth-order valence-electron chi connectivity index (χ4n) is 5.34. The number of hydrogen-bond acceptors (Lipinski definition) is 4. The van der Waals surface area contributed by atoms with E-state index in [0.717, 1.165) is 36.1 Å². The summed E-state index contributed by atoms with van der Waals surface area (Å²) in [6.07, 6.45) is 6.71. The smallest absolute Gasteiger partial charge is 0.329 e. The number of nitrogens with zero attached hydrogens (tertiary/aromatic N) is 1. The molecule has 6 heteroatoms. The first-order valence-corrected chi connectivity index (χ1v) is 13.4. The van der Waals surface area contributed by atoms with E-state index in [9.17, 15) is 9.59 Å². The van der Waals surface area contributed by atoms with E-state index in [-0.39, 0.29) is 23.7 Å². The molecule has 0 saturated heterocycles. The summed E-state index contributed by atoms with van der Waals surface area (Å²) in [4.78, 5) is 31.6. The average molecular weight is 501 g/mol. The Labute approximate surface area is 215 Å². The van der Waals surface area contributed by atoms with Crippen LogP contribution in [-0.4, -0.2) is 16.7 Å². The summed E-state index contributed by atoms with van der Waals surface area (Å²) in [5.41, 5.74) is 2.88. The molecular formula is C30H32N2O3S. The molecule has 0 amide bonds. The predicted molar refractivity (Wildman–Crippen MR) is 148 cm³/mol. The molecule has 4 aromatic rings. The highest BCUT2D eigenvalue weighted by Gasteiger charge is 2.33. The van der Waals surface area contributed by atoms with Gasteiger partial charge in [0.15, 0.2) is 0 Å². The van der Waals surface area contributed by atoms with E-state index >= 15 is 0 Å². The molecule has 0 fully saturated rings. The number of ether oxygens (including phenoxy) is 1. The number of fused-ring (bicyclic) bond motifs is 3. The van der Waals surface area contributed by atoms with Gasteiger partial charge < -0.3 is 4.74 Å². The molecule has 2 aromatic heterocycles. The molecule has 1 aliphatic rings. The van der Waals surface area contributed by atoms with Crippen LogP contribution in [0.1, 0.15) is 47.8 Å². The maximum absolute atomic E-state index is 13.7. The molecule has 186 valence electrons. The van der Waals surface area contributed by atoms with Gasteiger partial charge in [-0.1, -0.05) is 68.5 Å². The van der Waals surface area contributed by atoms with Crippen molar-refractivity contribution in [1.29, 1.82) is 0 Å². The Morgan fingerprint density at radius 2 is 1.86 bits per heavy atom. The van der Waals surface area contributed by atoms with Crippen molar-refractivity contribution in [2.24, 2.45) is 11.8 Å². The van der Waals surface area contributed by atoms with E-state index in [2.05, 4.69) is 43.1 Å². The molecule has 1 N–H and O–H groups in total. The summed E-state index contributed by atoms with van der Waals surface area (Å²) < 4.78 is 6.53. The molecule has 0 bridgehead atoms. The SMILES string of the molecule is COc1ccc(/C=C/Cn2c(=O)[nH]c3sc4c(c3c2=O)C(Cc2ccccc2)CC(C(C)C)C4)cc1. The highest BCUT2D eigenvalue weighted by Crippen LogP contribution is 2.45. The van der Waals surface area contributed by atoms with E-state index in [1.807, 2.05) is 42.5 Å². The van der Waals surface area contributed by atoms with E-state index in [4.69, 9.17) is 4.74 Å². The molecule has 2 unspecified atom stereocenters. The van der Waals surface area contributed by atoms with Crippen molar-refractivity contribution in [2.75, 3.05) is 7.11 Å². The fraction of sp³-hybridized carbons (Fsp3) is 0.333. The van der Waals surface area contributed by atoms with E-state index in [1.165, 1.54) is 15.0 Å². The minimum Gasteiger partial charge on any atom is -0.497 e. The van der Waals surface area contributed by atoms with E-state index in [1.54, 1.807) is 18.4 Å². The number of aromatic nitrogens is 2. The number of benzene rings is 2. The van der Waals surface area contributed by atoms with Crippen LogP contribution in [-0.2, 0) is 19.4 Å². The van der Waals surface area contributed by atoms with Crippen LogP contribution in [0, 0.1) is 11.8 Å². The van der Waals surface area contributed by atoms with Crippen LogP contribution in [0.5, 0.6) is 5.75 Å².